The fourth-order valence-electron chi connectivity index (χ4n) is 3.18. The number of piperidine rings is 1. The Labute approximate surface area is 119 Å². The first-order valence-corrected chi connectivity index (χ1v) is 7.46. The van der Waals surface area contributed by atoms with Crippen LogP contribution in [0.3, 0.4) is 0 Å². The molecule has 0 spiro atoms. The zero-order chi connectivity index (χ0) is 14.1. The summed E-state index contributed by atoms with van der Waals surface area (Å²) >= 11 is 0. The van der Waals surface area contributed by atoms with E-state index in [-0.39, 0.29) is 12.1 Å². The van der Waals surface area contributed by atoms with Gasteiger partial charge in [0.1, 0.15) is 0 Å². The lowest BCUT2D eigenvalue weighted by molar-refractivity contribution is 0.128. The molecule has 2 N–H and O–H groups in total. The third-order valence-electron chi connectivity index (χ3n) is 4.55. The van der Waals surface area contributed by atoms with Crippen LogP contribution in [0.25, 0.3) is 0 Å². The van der Waals surface area contributed by atoms with E-state index in [9.17, 15) is 9.90 Å². The summed E-state index contributed by atoms with van der Waals surface area (Å²) in [5.74, 6) is 0.705. The number of aliphatic hydroxyl groups is 1. The van der Waals surface area contributed by atoms with Crippen molar-refractivity contribution in [1.29, 1.82) is 0 Å². The lowest BCUT2D eigenvalue weighted by Crippen LogP contribution is -2.46. The van der Waals surface area contributed by atoms with E-state index in [4.69, 9.17) is 0 Å². The van der Waals surface area contributed by atoms with Crippen molar-refractivity contribution in [3.8, 4) is 0 Å². The van der Waals surface area contributed by atoms with Gasteiger partial charge in [-0.2, -0.15) is 0 Å². The third kappa shape index (κ3) is 2.52. The van der Waals surface area contributed by atoms with E-state index in [1.165, 1.54) is 0 Å². The van der Waals surface area contributed by atoms with E-state index in [2.05, 4.69) is 12.2 Å². The number of hydrogen-bond donors (Lipinski definition) is 2. The van der Waals surface area contributed by atoms with Crippen LogP contribution in [-0.4, -0.2) is 35.2 Å². The first-order chi connectivity index (χ1) is 9.65. The summed E-state index contributed by atoms with van der Waals surface area (Å²) in [7, 11) is 0. The predicted molar refractivity (Wildman–Crippen MR) is 77.4 cm³/mol. The number of carbonyl (C=O) groups excluding carboxylic acids is 1. The Kier molecular flexibility index (Phi) is 3.66. The van der Waals surface area contributed by atoms with Crippen LogP contribution in [0.15, 0.2) is 24.3 Å². The molecule has 3 rings (SSSR count). The number of carbonyl (C=O) groups is 1. The van der Waals surface area contributed by atoms with E-state index in [0.29, 0.717) is 12.3 Å². The Morgan fingerprint density at radius 1 is 1.30 bits per heavy atom. The van der Waals surface area contributed by atoms with Gasteiger partial charge >= 0.3 is 6.03 Å². The molecule has 4 nitrogen and oxygen atoms in total. The molecule has 1 aliphatic heterocycles. The third-order valence-corrected chi connectivity index (χ3v) is 4.55. The molecule has 1 saturated heterocycles. The number of amides is 2. The molecule has 2 atom stereocenters. The number of urea groups is 1. The number of nitrogens with one attached hydrogen (secondary N) is 1. The van der Waals surface area contributed by atoms with Gasteiger partial charge in [-0.05, 0) is 29.9 Å². The molecule has 0 unspecified atom stereocenters. The monoisotopic (exact) mass is 274 g/mol. The Bertz CT molecular complexity index is 495. The van der Waals surface area contributed by atoms with Crippen LogP contribution in [0.4, 0.5) is 4.79 Å². The van der Waals surface area contributed by atoms with E-state index < -0.39 is 6.10 Å². The van der Waals surface area contributed by atoms with Gasteiger partial charge in [0.2, 0.25) is 0 Å². The van der Waals surface area contributed by atoms with Crippen LogP contribution in [0.2, 0.25) is 0 Å². The second-order valence-electron chi connectivity index (χ2n) is 6.07. The van der Waals surface area contributed by atoms with Crippen molar-refractivity contribution in [2.24, 2.45) is 5.92 Å². The van der Waals surface area contributed by atoms with Crippen molar-refractivity contribution < 1.29 is 9.90 Å². The molecule has 4 heteroatoms. The Morgan fingerprint density at radius 2 is 2.00 bits per heavy atom. The van der Waals surface area contributed by atoms with Gasteiger partial charge in [0.05, 0.1) is 12.1 Å². The maximum Gasteiger partial charge on any atom is 0.317 e. The molecular formula is C16H22N2O2. The lowest BCUT2D eigenvalue weighted by atomic mass is 9.99. The summed E-state index contributed by atoms with van der Waals surface area (Å²) in [6, 6.07) is 7.64. The van der Waals surface area contributed by atoms with E-state index >= 15 is 0 Å². The molecule has 1 fully saturated rings. The maximum absolute atomic E-state index is 12.3. The molecule has 2 aliphatic rings. The Hall–Kier alpha value is -1.55. The second kappa shape index (κ2) is 5.44. The number of hydrogen-bond acceptors (Lipinski definition) is 2. The minimum absolute atomic E-state index is 0.0438. The van der Waals surface area contributed by atoms with Crippen LogP contribution >= 0.6 is 0 Å². The molecule has 0 radical (unpaired) electrons. The van der Waals surface area contributed by atoms with Crippen molar-refractivity contribution >= 4 is 6.03 Å². The largest absolute Gasteiger partial charge is 0.390 e. The summed E-state index contributed by atoms with van der Waals surface area (Å²) in [4.78, 5) is 14.2. The molecule has 108 valence electrons. The Balaban J connectivity index is 1.67. The van der Waals surface area contributed by atoms with Gasteiger partial charge in [-0.25, -0.2) is 4.79 Å². The average Bonchev–Trinajstić information content (AvgIpc) is 2.76. The zero-order valence-electron chi connectivity index (χ0n) is 11.9. The number of rotatable bonds is 1. The lowest BCUT2D eigenvalue weighted by Gasteiger charge is -2.32. The van der Waals surface area contributed by atoms with E-state index in [1.807, 2.05) is 29.2 Å². The van der Waals surface area contributed by atoms with Gasteiger partial charge in [0.15, 0.2) is 0 Å². The van der Waals surface area contributed by atoms with E-state index in [0.717, 1.165) is 37.1 Å². The fourth-order valence-corrected chi connectivity index (χ4v) is 3.18. The maximum atomic E-state index is 12.3. The highest BCUT2D eigenvalue weighted by atomic mass is 16.3. The van der Waals surface area contributed by atoms with E-state index in [1.54, 1.807) is 0 Å². The summed E-state index contributed by atoms with van der Waals surface area (Å²) in [6.45, 7) is 3.86. The molecule has 1 aliphatic carbocycles. The van der Waals surface area contributed by atoms with Gasteiger partial charge < -0.3 is 15.3 Å². The highest BCUT2D eigenvalue weighted by molar-refractivity contribution is 5.75. The van der Waals surface area contributed by atoms with Gasteiger partial charge in [-0.15, -0.1) is 0 Å². The van der Waals surface area contributed by atoms with Crippen LogP contribution in [0, 0.1) is 5.92 Å². The molecule has 2 amide bonds. The molecule has 0 saturated carbocycles. The standard InChI is InChI=1S/C16H22N2O2/c1-11-6-8-18(9-7-11)16(20)17-15-13-5-3-2-4-12(13)10-14(15)19/h2-5,11,14-15,19H,6-10H2,1H3,(H,17,20)/t14-,15+/m1/s1. The van der Waals surface area contributed by atoms with Crippen LogP contribution in [0.1, 0.15) is 36.9 Å². The number of aliphatic hydroxyl groups excluding tert-OH is 1. The summed E-state index contributed by atoms with van der Waals surface area (Å²) in [5.41, 5.74) is 2.19. The Morgan fingerprint density at radius 3 is 2.75 bits per heavy atom. The number of nitrogens with zero attached hydrogens (tertiary/aromatic N) is 1. The molecule has 1 aromatic carbocycles. The van der Waals surface area contributed by atoms with Gasteiger partial charge in [0.25, 0.3) is 0 Å². The van der Waals surface area contributed by atoms with Crippen LogP contribution in [-0.2, 0) is 6.42 Å². The van der Waals surface area contributed by atoms with Crippen molar-refractivity contribution in [3.05, 3.63) is 35.4 Å². The molecular weight excluding hydrogens is 252 g/mol. The quantitative estimate of drug-likeness (QED) is 0.824. The van der Waals surface area contributed by atoms with Crippen molar-refractivity contribution in [1.82, 2.24) is 10.2 Å². The van der Waals surface area contributed by atoms with Crippen molar-refractivity contribution in [2.45, 2.75) is 38.3 Å². The topological polar surface area (TPSA) is 52.6 Å². The fraction of sp³-hybridized carbons (Fsp3) is 0.562. The number of benzene rings is 1. The first kappa shape index (κ1) is 13.4. The van der Waals surface area contributed by atoms with Gasteiger partial charge in [-0.1, -0.05) is 31.2 Å². The summed E-state index contributed by atoms with van der Waals surface area (Å²) < 4.78 is 0. The average molecular weight is 274 g/mol. The predicted octanol–water partition coefficient (Wildman–Crippen LogP) is 2.09. The molecule has 20 heavy (non-hydrogen) atoms. The zero-order valence-corrected chi connectivity index (χ0v) is 11.9. The molecule has 1 heterocycles. The smallest absolute Gasteiger partial charge is 0.317 e. The highest BCUT2D eigenvalue weighted by Crippen LogP contribution is 2.31. The van der Waals surface area contributed by atoms with Gasteiger partial charge in [-0.3, -0.25) is 0 Å². The van der Waals surface area contributed by atoms with Crippen molar-refractivity contribution in [2.75, 3.05) is 13.1 Å². The summed E-state index contributed by atoms with van der Waals surface area (Å²) in [5, 5.41) is 13.2. The minimum Gasteiger partial charge on any atom is -0.390 e. The molecule has 0 bridgehead atoms. The van der Waals surface area contributed by atoms with Gasteiger partial charge in [0, 0.05) is 19.5 Å². The van der Waals surface area contributed by atoms with Crippen LogP contribution in [0.5, 0.6) is 0 Å². The first-order valence-electron chi connectivity index (χ1n) is 7.46. The normalized spacial score (nSPS) is 26.4. The number of fused-ring (bicyclic) bond motifs is 1. The second-order valence-corrected chi connectivity index (χ2v) is 6.07. The minimum atomic E-state index is -0.514. The molecule has 1 aromatic rings. The van der Waals surface area contributed by atoms with Crippen LogP contribution < -0.4 is 5.32 Å². The summed E-state index contributed by atoms with van der Waals surface area (Å²) in [6.07, 6.45) is 2.24. The highest BCUT2D eigenvalue weighted by Gasteiger charge is 2.33. The molecule has 0 aromatic heterocycles. The SMILES string of the molecule is CC1CCN(C(=O)N[C@H]2c3ccccc3C[C@H]2O)CC1. The van der Waals surface area contributed by atoms with Crippen molar-refractivity contribution in [3.63, 3.8) is 0 Å². The number of likely N-dealkylation sites (tertiary alicyclic amines) is 1.